The molecule has 3 rings (SSSR count). The first-order valence-electron chi connectivity index (χ1n) is 7.11. The van der Waals surface area contributed by atoms with Crippen molar-refractivity contribution >= 4 is 33.9 Å². The van der Waals surface area contributed by atoms with Gasteiger partial charge in [0.05, 0.1) is 0 Å². The number of rotatable bonds is 3. The maximum absolute atomic E-state index is 6.23. The standard InChI is InChI=1S/C14H18ClN5S/c1-3-11-17-12(15)10(2)13(18-11)19-5-7-20(8-6-19)14-16-4-9-21-14/h4,9H,3,5-8H2,1-2H3. The van der Waals surface area contributed by atoms with Crippen molar-refractivity contribution in [2.45, 2.75) is 20.3 Å². The highest BCUT2D eigenvalue weighted by molar-refractivity contribution is 7.13. The Bertz CT molecular complexity index is 608. The summed E-state index contributed by atoms with van der Waals surface area (Å²) in [4.78, 5) is 18.0. The van der Waals surface area contributed by atoms with Gasteiger partial charge in [0.1, 0.15) is 16.8 Å². The molecule has 2 aromatic heterocycles. The fraction of sp³-hybridized carbons (Fsp3) is 0.500. The lowest BCUT2D eigenvalue weighted by Gasteiger charge is -2.36. The largest absolute Gasteiger partial charge is 0.353 e. The molecule has 1 aliphatic heterocycles. The quantitative estimate of drug-likeness (QED) is 0.813. The molecule has 0 atom stereocenters. The second kappa shape index (κ2) is 6.15. The van der Waals surface area contributed by atoms with Crippen LogP contribution in [-0.4, -0.2) is 41.1 Å². The van der Waals surface area contributed by atoms with Crippen LogP contribution in [0.5, 0.6) is 0 Å². The molecule has 0 spiro atoms. The van der Waals surface area contributed by atoms with Crippen molar-refractivity contribution in [3.05, 3.63) is 28.1 Å². The number of aryl methyl sites for hydroxylation is 1. The summed E-state index contributed by atoms with van der Waals surface area (Å²) in [6.45, 7) is 7.80. The van der Waals surface area contributed by atoms with Crippen molar-refractivity contribution in [1.82, 2.24) is 15.0 Å². The Morgan fingerprint density at radius 3 is 2.52 bits per heavy atom. The van der Waals surface area contributed by atoms with Gasteiger partial charge >= 0.3 is 0 Å². The lowest BCUT2D eigenvalue weighted by molar-refractivity contribution is 0.642. The average Bonchev–Trinajstić information content (AvgIpc) is 3.04. The van der Waals surface area contributed by atoms with E-state index in [9.17, 15) is 0 Å². The lowest BCUT2D eigenvalue weighted by Crippen LogP contribution is -2.47. The third-order valence-corrected chi connectivity index (χ3v) is 4.89. The number of piperazine rings is 1. The van der Waals surface area contributed by atoms with E-state index in [1.807, 2.05) is 25.4 Å². The second-order valence-corrected chi connectivity index (χ2v) is 6.25. The van der Waals surface area contributed by atoms with Crippen molar-refractivity contribution < 1.29 is 0 Å². The van der Waals surface area contributed by atoms with Gasteiger partial charge in [-0.1, -0.05) is 18.5 Å². The zero-order chi connectivity index (χ0) is 14.8. The molecule has 0 unspecified atom stereocenters. The first-order valence-corrected chi connectivity index (χ1v) is 8.37. The molecular formula is C14H18ClN5S. The summed E-state index contributed by atoms with van der Waals surface area (Å²) in [5, 5.41) is 3.68. The molecule has 0 N–H and O–H groups in total. The minimum Gasteiger partial charge on any atom is -0.353 e. The van der Waals surface area contributed by atoms with Gasteiger partial charge in [-0.2, -0.15) is 0 Å². The van der Waals surface area contributed by atoms with E-state index < -0.39 is 0 Å². The molecule has 0 radical (unpaired) electrons. The summed E-state index contributed by atoms with van der Waals surface area (Å²) in [6, 6.07) is 0. The molecule has 1 fully saturated rings. The van der Waals surface area contributed by atoms with E-state index in [2.05, 4.69) is 24.8 Å². The van der Waals surface area contributed by atoms with Crippen molar-refractivity contribution in [2.75, 3.05) is 36.0 Å². The highest BCUT2D eigenvalue weighted by Crippen LogP contribution is 2.26. The number of thiazole rings is 1. The van der Waals surface area contributed by atoms with E-state index >= 15 is 0 Å². The topological polar surface area (TPSA) is 45.2 Å². The third-order valence-electron chi connectivity index (χ3n) is 3.69. The first-order chi connectivity index (χ1) is 10.2. The third kappa shape index (κ3) is 2.96. The van der Waals surface area contributed by atoms with Crippen LogP contribution in [-0.2, 0) is 6.42 Å². The Kier molecular flexibility index (Phi) is 4.26. The number of anilines is 2. The zero-order valence-electron chi connectivity index (χ0n) is 12.2. The fourth-order valence-corrected chi connectivity index (χ4v) is 3.35. The monoisotopic (exact) mass is 323 g/mol. The van der Waals surface area contributed by atoms with Gasteiger partial charge in [-0.05, 0) is 6.92 Å². The summed E-state index contributed by atoms with van der Waals surface area (Å²) < 4.78 is 0. The molecule has 1 saturated heterocycles. The Hall–Kier alpha value is -1.40. The molecule has 2 aromatic rings. The van der Waals surface area contributed by atoms with Crippen molar-refractivity contribution in [2.24, 2.45) is 0 Å². The summed E-state index contributed by atoms with van der Waals surface area (Å²) >= 11 is 7.92. The van der Waals surface area contributed by atoms with Crippen LogP contribution < -0.4 is 9.80 Å². The van der Waals surface area contributed by atoms with E-state index in [1.54, 1.807) is 11.3 Å². The molecular weight excluding hydrogens is 306 g/mol. The van der Waals surface area contributed by atoms with Crippen molar-refractivity contribution in [1.29, 1.82) is 0 Å². The molecule has 0 saturated carbocycles. The molecule has 5 nitrogen and oxygen atoms in total. The molecule has 3 heterocycles. The molecule has 0 aromatic carbocycles. The maximum Gasteiger partial charge on any atom is 0.185 e. The van der Waals surface area contributed by atoms with E-state index in [0.717, 1.165) is 54.9 Å². The molecule has 0 bridgehead atoms. The van der Waals surface area contributed by atoms with Crippen LogP contribution in [0, 0.1) is 6.92 Å². The second-order valence-electron chi connectivity index (χ2n) is 5.02. The normalized spacial score (nSPS) is 15.6. The lowest BCUT2D eigenvalue weighted by atomic mass is 10.2. The Labute approximate surface area is 133 Å². The summed E-state index contributed by atoms with van der Waals surface area (Å²) in [5.74, 6) is 1.79. The van der Waals surface area contributed by atoms with Crippen molar-refractivity contribution in [3.63, 3.8) is 0 Å². The number of nitrogens with zero attached hydrogens (tertiary/aromatic N) is 5. The minimum atomic E-state index is 0.569. The molecule has 112 valence electrons. The fourth-order valence-electron chi connectivity index (χ4n) is 2.47. The number of aromatic nitrogens is 3. The van der Waals surface area contributed by atoms with Crippen molar-refractivity contribution in [3.8, 4) is 0 Å². The van der Waals surface area contributed by atoms with Crippen LogP contribution in [0.1, 0.15) is 18.3 Å². The maximum atomic E-state index is 6.23. The Morgan fingerprint density at radius 1 is 1.19 bits per heavy atom. The van der Waals surface area contributed by atoms with Crippen LogP contribution >= 0.6 is 22.9 Å². The Balaban J connectivity index is 1.76. The molecule has 7 heteroatoms. The average molecular weight is 324 g/mol. The SMILES string of the molecule is CCc1nc(Cl)c(C)c(N2CCN(c3nccs3)CC2)n1. The van der Waals surface area contributed by atoms with Gasteiger partial charge in [-0.15, -0.1) is 11.3 Å². The minimum absolute atomic E-state index is 0.569. The number of hydrogen-bond acceptors (Lipinski definition) is 6. The van der Waals surface area contributed by atoms with Gasteiger partial charge in [-0.3, -0.25) is 0 Å². The van der Waals surface area contributed by atoms with Crippen LogP contribution in [0.4, 0.5) is 10.9 Å². The molecule has 0 amide bonds. The van der Waals surface area contributed by atoms with E-state index in [4.69, 9.17) is 11.6 Å². The summed E-state index contributed by atoms with van der Waals surface area (Å²) in [6.07, 6.45) is 2.65. The van der Waals surface area contributed by atoms with E-state index in [1.165, 1.54) is 0 Å². The Morgan fingerprint density at radius 2 is 1.90 bits per heavy atom. The highest BCUT2D eigenvalue weighted by Gasteiger charge is 2.22. The number of halogens is 1. The smallest absolute Gasteiger partial charge is 0.185 e. The van der Waals surface area contributed by atoms with Crippen LogP contribution in [0.15, 0.2) is 11.6 Å². The zero-order valence-corrected chi connectivity index (χ0v) is 13.8. The summed E-state index contributed by atoms with van der Waals surface area (Å²) in [7, 11) is 0. The molecule has 1 aliphatic rings. The summed E-state index contributed by atoms with van der Waals surface area (Å²) in [5.41, 5.74) is 0.969. The highest BCUT2D eigenvalue weighted by atomic mass is 35.5. The van der Waals surface area contributed by atoms with E-state index in [0.29, 0.717) is 5.15 Å². The van der Waals surface area contributed by atoms with Gasteiger partial charge in [0.2, 0.25) is 0 Å². The van der Waals surface area contributed by atoms with E-state index in [-0.39, 0.29) is 0 Å². The van der Waals surface area contributed by atoms with Gasteiger partial charge in [0.15, 0.2) is 5.13 Å². The van der Waals surface area contributed by atoms with Gasteiger partial charge in [0, 0.05) is 49.7 Å². The van der Waals surface area contributed by atoms with Crippen LogP contribution in [0.3, 0.4) is 0 Å². The van der Waals surface area contributed by atoms with Gasteiger partial charge in [-0.25, -0.2) is 15.0 Å². The first kappa shape index (κ1) is 14.5. The van der Waals surface area contributed by atoms with Crippen LogP contribution in [0.25, 0.3) is 0 Å². The predicted octanol–water partition coefficient (Wildman–Crippen LogP) is 2.78. The number of hydrogen-bond donors (Lipinski definition) is 0. The van der Waals surface area contributed by atoms with Gasteiger partial charge in [0.25, 0.3) is 0 Å². The van der Waals surface area contributed by atoms with Crippen LogP contribution in [0.2, 0.25) is 5.15 Å². The molecule has 0 aliphatic carbocycles. The predicted molar refractivity (Wildman–Crippen MR) is 87.7 cm³/mol. The van der Waals surface area contributed by atoms with Gasteiger partial charge < -0.3 is 9.80 Å². The molecule has 21 heavy (non-hydrogen) atoms.